The number of nitrogen functional groups attached to an aromatic ring is 1. The minimum Gasteiger partial charge on any atom is -0.397 e. The molecule has 6 heteroatoms. The average molecular weight is 262 g/mol. The van der Waals surface area contributed by atoms with E-state index >= 15 is 0 Å². The molecule has 0 saturated heterocycles. The Morgan fingerprint density at radius 3 is 3.00 bits per heavy atom. The molecular formula is C13H18N4O2. The zero-order valence-corrected chi connectivity index (χ0v) is 10.8. The van der Waals surface area contributed by atoms with Crippen molar-refractivity contribution in [1.29, 1.82) is 0 Å². The number of benzene rings is 1. The first kappa shape index (κ1) is 12.2. The minimum absolute atomic E-state index is 0.578. The fraction of sp³-hybridized carbons (Fsp3) is 0.538. The number of nitrogens with one attached hydrogen (secondary N) is 1. The van der Waals surface area contributed by atoms with E-state index in [-0.39, 0.29) is 0 Å². The quantitative estimate of drug-likeness (QED) is 0.586. The highest BCUT2D eigenvalue weighted by atomic mass is 16.6. The molecule has 0 spiro atoms. The Hall–Kier alpha value is -1.82. The standard InChI is InChI=1S/C13H18N4O2/c14-10-4-5-11(13-12(10)16-19-17-13)15-6-1-7-18-8-9-2-3-9/h4-5,9,15H,1-3,6-8,14H2. The number of nitrogens with two attached hydrogens (primary N) is 1. The van der Waals surface area contributed by atoms with Gasteiger partial charge in [0.15, 0.2) is 11.0 Å². The Balaban J connectivity index is 1.48. The van der Waals surface area contributed by atoms with Gasteiger partial charge in [0.25, 0.3) is 0 Å². The zero-order valence-electron chi connectivity index (χ0n) is 10.8. The molecule has 0 atom stereocenters. The number of hydrogen-bond donors (Lipinski definition) is 2. The molecular weight excluding hydrogens is 244 g/mol. The third kappa shape index (κ3) is 2.96. The Morgan fingerprint density at radius 2 is 2.16 bits per heavy atom. The van der Waals surface area contributed by atoms with Crippen molar-refractivity contribution in [2.45, 2.75) is 19.3 Å². The molecule has 0 bridgehead atoms. The first-order valence-electron chi connectivity index (χ1n) is 6.67. The molecule has 19 heavy (non-hydrogen) atoms. The third-order valence-electron chi connectivity index (χ3n) is 3.28. The highest BCUT2D eigenvalue weighted by molar-refractivity contribution is 5.94. The second-order valence-electron chi connectivity index (χ2n) is 4.96. The summed E-state index contributed by atoms with van der Waals surface area (Å²) in [7, 11) is 0. The molecule has 1 aromatic heterocycles. The van der Waals surface area contributed by atoms with Crippen LogP contribution in [-0.2, 0) is 4.74 Å². The van der Waals surface area contributed by atoms with Crippen molar-refractivity contribution in [1.82, 2.24) is 10.3 Å². The number of fused-ring (bicyclic) bond motifs is 1. The Bertz CT molecular complexity index is 551. The lowest BCUT2D eigenvalue weighted by Gasteiger charge is -2.07. The highest BCUT2D eigenvalue weighted by Crippen LogP contribution is 2.28. The van der Waals surface area contributed by atoms with E-state index in [1.807, 2.05) is 6.07 Å². The lowest BCUT2D eigenvalue weighted by atomic mass is 10.2. The second kappa shape index (κ2) is 5.44. The molecule has 102 valence electrons. The van der Waals surface area contributed by atoms with Crippen LogP contribution in [0.4, 0.5) is 11.4 Å². The van der Waals surface area contributed by atoms with Gasteiger partial charge in [-0.2, -0.15) is 0 Å². The first-order valence-corrected chi connectivity index (χ1v) is 6.67. The summed E-state index contributed by atoms with van der Waals surface area (Å²) < 4.78 is 10.3. The van der Waals surface area contributed by atoms with Gasteiger partial charge in [0.05, 0.1) is 11.4 Å². The van der Waals surface area contributed by atoms with Crippen LogP contribution in [0.5, 0.6) is 0 Å². The Morgan fingerprint density at radius 1 is 1.32 bits per heavy atom. The van der Waals surface area contributed by atoms with E-state index in [1.54, 1.807) is 6.07 Å². The molecule has 6 nitrogen and oxygen atoms in total. The second-order valence-corrected chi connectivity index (χ2v) is 4.96. The number of rotatable bonds is 7. The van der Waals surface area contributed by atoms with E-state index < -0.39 is 0 Å². The number of nitrogens with zero attached hydrogens (tertiary/aromatic N) is 2. The van der Waals surface area contributed by atoms with E-state index in [2.05, 4.69) is 15.6 Å². The molecule has 1 aliphatic rings. The van der Waals surface area contributed by atoms with Gasteiger partial charge in [-0.15, -0.1) is 0 Å². The van der Waals surface area contributed by atoms with Gasteiger partial charge in [0, 0.05) is 19.8 Å². The van der Waals surface area contributed by atoms with Gasteiger partial charge in [-0.3, -0.25) is 0 Å². The summed E-state index contributed by atoms with van der Waals surface area (Å²) in [5.74, 6) is 0.825. The maximum absolute atomic E-state index is 5.79. The van der Waals surface area contributed by atoms with Crippen LogP contribution in [0.25, 0.3) is 11.0 Å². The van der Waals surface area contributed by atoms with E-state index in [9.17, 15) is 0 Å². The van der Waals surface area contributed by atoms with Crippen molar-refractivity contribution in [2.75, 3.05) is 30.8 Å². The SMILES string of the molecule is Nc1ccc(NCCCOCC2CC2)c2nonc12. The summed E-state index contributed by atoms with van der Waals surface area (Å²) in [4.78, 5) is 0. The molecule has 3 rings (SSSR count). The van der Waals surface area contributed by atoms with Gasteiger partial charge >= 0.3 is 0 Å². The predicted molar refractivity (Wildman–Crippen MR) is 72.9 cm³/mol. The van der Waals surface area contributed by atoms with Crippen LogP contribution < -0.4 is 11.1 Å². The molecule has 1 fully saturated rings. The highest BCUT2D eigenvalue weighted by Gasteiger charge is 2.20. The van der Waals surface area contributed by atoms with Crippen LogP contribution in [0.2, 0.25) is 0 Å². The number of aromatic nitrogens is 2. The van der Waals surface area contributed by atoms with Gasteiger partial charge in [-0.25, -0.2) is 4.63 Å². The Kier molecular flexibility index (Phi) is 3.50. The van der Waals surface area contributed by atoms with E-state index in [0.717, 1.165) is 37.8 Å². The fourth-order valence-electron chi connectivity index (χ4n) is 1.96. The summed E-state index contributed by atoms with van der Waals surface area (Å²) in [6, 6.07) is 3.70. The Labute approximate surface area is 111 Å². The monoisotopic (exact) mass is 262 g/mol. The average Bonchev–Trinajstić information content (AvgIpc) is 3.10. The third-order valence-corrected chi connectivity index (χ3v) is 3.28. The molecule has 3 N–H and O–H groups in total. The number of anilines is 2. The summed E-state index contributed by atoms with van der Waals surface area (Å²) in [6.07, 6.45) is 3.63. The van der Waals surface area contributed by atoms with Crippen molar-refractivity contribution in [2.24, 2.45) is 5.92 Å². The molecule has 1 aliphatic carbocycles. The molecule has 0 aliphatic heterocycles. The molecule has 0 amide bonds. The van der Waals surface area contributed by atoms with Crippen molar-refractivity contribution in [3.63, 3.8) is 0 Å². The molecule has 1 aromatic carbocycles. The van der Waals surface area contributed by atoms with Crippen LogP contribution in [0.1, 0.15) is 19.3 Å². The largest absolute Gasteiger partial charge is 0.397 e. The van der Waals surface area contributed by atoms with Crippen LogP contribution in [0, 0.1) is 5.92 Å². The van der Waals surface area contributed by atoms with E-state index in [0.29, 0.717) is 16.7 Å². The van der Waals surface area contributed by atoms with Crippen LogP contribution >= 0.6 is 0 Å². The molecule has 0 radical (unpaired) electrons. The van der Waals surface area contributed by atoms with Crippen LogP contribution in [-0.4, -0.2) is 30.1 Å². The fourth-order valence-corrected chi connectivity index (χ4v) is 1.96. The number of ether oxygens (including phenoxy) is 1. The van der Waals surface area contributed by atoms with Gasteiger partial charge in [-0.1, -0.05) is 0 Å². The lowest BCUT2D eigenvalue weighted by Crippen LogP contribution is -2.07. The minimum atomic E-state index is 0.578. The van der Waals surface area contributed by atoms with E-state index in [4.69, 9.17) is 15.1 Å². The lowest BCUT2D eigenvalue weighted by molar-refractivity contribution is 0.124. The smallest absolute Gasteiger partial charge is 0.160 e. The van der Waals surface area contributed by atoms with Crippen molar-refractivity contribution < 1.29 is 9.37 Å². The van der Waals surface area contributed by atoms with E-state index in [1.165, 1.54) is 12.8 Å². The molecule has 0 unspecified atom stereocenters. The van der Waals surface area contributed by atoms with Gasteiger partial charge in [0.2, 0.25) is 0 Å². The van der Waals surface area contributed by atoms with Gasteiger partial charge in [0.1, 0.15) is 0 Å². The topological polar surface area (TPSA) is 86.2 Å². The maximum Gasteiger partial charge on any atom is 0.160 e. The molecule has 1 saturated carbocycles. The zero-order chi connectivity index (χ0) is 13.1. The first-order chi connectivity index (χ1) is 9.34. The van der Waals surface area contributed by atoms with Crippen LogP contribution in [0.3, 0.4) is 0 Å². The van der Waals surface area contributed by atoms with Gasteiger partial charge in [-0.05, 0) is 47.6 Å². The van der Waals surface area contributed by atoms with Crippen molar-refractivity contribution in [3.8, 4) is 0 Å². The summed E-state index contributed by atoms with van der Waals surface area (Å²) in [5.41, 5.74) is 8.55. The van der Waals surface area contributed by atoms with Gasteiger partial charge < -0.3 is 15.8 Å². The van der Waals surface area contributed by atoms with Crippen molar-refractivity contribution in [3.05, 3.63) is 12.1 Å². The normalized spacial score (nSPS) is 14.9. The molecule has 2 aromatic rings. The predicted octanol–water partition coefficient (Wildman–Crippen LogP) is 2.03. The number of hydrogen-bond acceptors (Lipinski definition) is 6. The summed E-state index contributed by atoms with van der Waals surface area (Å²) in [6.45, 7) is 2.54. The summed E-state index contributed by atoms with van der Waals surface area (Å²) in [5, 5.41) is 11.0. The molecule has 1 heterocycles. The van der Waals surface area contributed by atoms with Crippen molar-refractivity contribution >= 4 is 22.4 Å². The maximum atomic E-state index is 5.79. The summed E-state index contributed by atoms with van der Waals surface area (Å²) >= 11 is 0. The van der Waals surface area contributed by atoms with Crippen LogP contribution in [0.15, 0.2) is 16.8 Å².